The summed E-state index contributed by atoms with van der Waals surface area (Å²) in [5, 5.41) is 10.1. The molecule has 1 amide bonds. The Labute approximate surface area is 117 Å². The van der Waals surface area contributed by atoms with E-state index in [2.05, 4.69) is 20.7 Å². The molecular formula is C14H17N5O. The van der Waals surface area contributed by atoms with E-state index in [0.29, 0.717) is 11.8 Å². The van der Waals surface area contributed by atoms with E-state index >= 15 is 0 Å². The van der Waals surface area contributed by atoms with Crippen LogP contribution in [0.4, 0.5) is 11.6 Å². The van der Waals surface area contributed by atoms with Crippen molar-refractivity contribution in [3.05, 3.63) is 41.9 Å². The van der Waals surface area contributed by atoms with Crippen LogP contribution in [0.3, 0.4) is 0 Å². The summed E-state index contributed by atoms with van der Waals surface area (Å²) < 4.78 is 1.65. The van der Waals surface area contributed by atoms with E-state index in [1.165, 1.54) is 6.92 Å². The van der Waals surface area contributed by atoms with Gasteiger partial charge in [0.15, 0.2) is 5.82 Å². The Morgan fingerprint density at radius 1 is 1.25 bits per heavy atom. The number of benzene rings is 1. The van der Waals surface area contributed by atoms with E-state index in [4.69, 9.17) is 0 Å². The fraction of sp³-hybridized carbons (Fsp3) is 0.214. The molecule has 6 heteroatoms. The molecule has 6 nitrogen and oxygen atoms in total. The van der Waals surface area contributed by atoms with Gasteiger partial charge in [0.2, 0.25) is 11.9 Å². The van der Waals surface area contributed by atoms with E-state index < -0.39 is 0 Å². The summed E-state index contributed by atoms with van der Waals surface area (Å²) in [5.41, 5.74) is 1.64. The number of carbonyl (C=O) groups excluding carboxylic acids is 1. The standard InChI is InChI=1S/C14H17N5O/c1-10(15-11(2)20)9-13-17-14(18-19(13)3)16-12-7-5-4-6-8-12/h4-9H,1-3H3,(H,15,20)(H,16,18)/b10-9-. The van der Waals surface area contributed by atoms with Gasteiger partial charge >= 0.3 is 0 Å². The van der Waals surface area contributed by atoms with Crippen molar-refractivity contribution in [3.8, 4) is 0 Å². The Bertz CT molecular complexity index is 630. The lowest BCUT2D eigenvalue weighted by Gasteiger charge is -2.00. The number of aryl methyl sites for hydroxylation is 1. The van der Waals surface area contributed by atoms with Crippen molar-refractivity contribution in [1.29, 1.82) is 0 Å². The molecule has 0 aliphatic heterocycles. The first kappa shape index (κ1) is 13.8. The largest absolute Gasteiger partial charge is 0.330 e. The zero-order chi connectivity index (χ0) is 14.5. The van der Waals surface area contributed by atoms with Gasteiger partial charge in [0.25, 0.3) is 0 Å². The summed E-state index contributed by atoms with van der Waals surface area (Å²) in [6, 6.07) is 9.70. The zero-order valence-corrected chi connectivity index (χ0v) is 11.7. The minimum absolute atomic E-state index is 0.108. The van der Waals surface area contributed by atoms with Crippen LogP contribution >= 0.6 is 0 Å². The molecule has 0 atom stereocenters. The summed E-state index contributed by atoms with van der Waals surface area (Å²) in [6.45, 7) is 3.27. The quantitative estimate of drug-likeness (QED) is 0.892. The van der Waals surface area contributed by atoms with Crippen LogP contribution in [-0.4, -0.2) is 20.7 Å². The number of para-hydroxylation sites is 1. The monoisotopic (exact) mass is 271 g/mol. The minimum Gasteiger partial charge on any atom is -0.330 e. The maximum Gasteiger partial charge on any atom is 0.247 e. The van der Waals surface area contributed by atoms with Crippen molar-refractivity contribution in [2.45, 2.75) is 13.8 Å². The number of nitrogens with zero attached hydrogens (tertiary/aromatic N) is 3. The molecule has 0 radical (unpaired) electrons. The third kappa shape index (κ3) is 3.68. The van der Waals surface area contributed by atoms with Crippen LogP contribution in [0.5, 0.6) is 0 Å². The lowest BCUT2D eigenvalue weighted by atomic mass is 10.3. The molecule has 0 saturated heterocycles. The fourth-order valence-electron chi connectivity index (χ4n) is 1.73. The molecule has 2 rings (SSSR count). The number of hydrogen-bond donors (Lipinski definition) is 2. The summed E-state index contributed by atoms with van der Waals surface area (Å²) in [4.78, 5) is 15.3. The van der Waals surface area contributed by atoms with Crippen LogP contribution in [0, 0.1) is 0 Å². The highest BCUT2D eigenvalue weighted by Gasteiger charge is 2.06. The highest BCUT2D eigenvalue weighted by atomic mass is 16.1. The summed E-state index contributed by atoms with van der Waals surface area (Å²) in [7, 11) is 1.80. The predicted molar refractivity (Wildman–Crippen MR) is 78.2 cm³/mol. The molecular weight excluding hydrogens is 254 g/mol. The van der Waals surface area contributed by atoms with Gasteiger partial charge in [0, 0.05) is 31.4 Å². The number of amides is 1. The molecule has 2 aromatic rings. The smallest absolute Gasteiger partial charge is 0.247 e. The van der Waals surface area contributed by atoms with E-state index in [-0.39, 0.29) is 5.91 Å². The second-order valence-electron chi connectivity index (χ2n) is 4.42. The Kier molecular flexibility index (Phi) is 4.14. The van der Waals surface area contributed by atoms with Gasteiger partial charge in [-0.2, -0.15) is 4.98 Å². The first-order valence-corrected chi connectivity index (χ1v) is 6.23. The first-order valence-electron chi connectivity index (χ1n) is 6.23. The molecule has 0 aliphatic rings. The second kappa shape index (κ2) is 6.01. The van der Waals surface area contributed by atoms with Crippen molar-refractivity contribution < 1.29 is 4.79 Å². The maximum atomic E-state index is 11.0. The normalized spacial score (nSPS) is 11.2. The zero-order valence-electron chi connectivity index (χ0n) is 11.7. The third-order valence-corrected chi connectivity index (χ3v) is 2.55. The van der Waals surface area contributed by atoms with Crippen molar-refractivity contribution >= 4 is 23.6 Å². The molecule has 20 heavy (non-hydrogen) atoms. The number of carbonyl (C=O) groups is 1. The minimum atomic E-state index is -0.108. The number of nitrogens with one attached hydrogen (secondary N) is 2. The van der Waals surface area contributed by atoms with Crippen molar-refractivity contribution in [2.75, 3.05) is 5.32 Å². The van der Waals surface area contributed by atoms with Gasteiger partial charge in [0.05, 0.1) is 0 Å². The molecule has 0 aliphatic carbocycles. The van der Waals surface area contributed by atoms with Gasteiger partial charge in [0.1, 0.15) is 0 Å². The molecule has 0 saturated carbocycles. The van der Waals surface area contributed by atoms with Gasteiger partial charge in [-0.1, -0.05) is 18.2 Å². The number of rotatable bonds is 4. The van der Waals surface area contributed by atoms with Crippen LogP contribution in [0.25, 0.3) is 6.08 Å². The Hall–Kier alpha value is -2.63. The van der Waals surface area contributed by atoms with E-state index in [9.17, 15) is 4.79 Å². The van der Waals surface area contributed by atoms with Gasteiger partial charge < -0.3 is 10.6 Å². The lowest BCUT2D eigenvalue weighted by molar-refractivity contribution is -0.118. The molecule has 0 bridgehead atoms. The molecule has 1 heterocycles. The molecule has 0 unspecified atom stereocenters. The molecule has 0 spiro atoms. The number of hydrogen-bond acceptors (Lipinski definition) is 4. The number of aromatic nitrogens is 3. The van der Waals surface area contributed by atoms with Gasteiger partial charge in [-0.05, 0) is 19.1 Å². The van der Waals surface area contributed by atoms with E-state index in [0.717, 1.165) is 11.4 Å². The molecule has 104 valence electrons. The first-order chi connectivity index (χ1) is 9.54. The Morgan fingerprint density at radius 2 is 1.95 bits per heavy atom. The Balaban J connectivity index is 2.15. The third-order valence-electron chi connectivity index (χ3n) is 2.55. The summed E-state index contributed by atoms with van der Waals surface area (Å²) >= 11 is 0. The van der Waals surface area contributed by atoms with E-state index in [1.807, 2.05) is 30.3 Å². The highest BCUT2D eigenvalue weighted by Crippen LogP contribution is 2.13. The SMILES string of the molecule is CC(=O)N/C(C)=C\c1nc(Nc2ccccc2)nn1C. The topological polar surface area (TPSA) is 71.8 Å². The average molecular weight is 271 g/mol. The number of anilines is 2. The molecule has 0 fully saturated rings. The van der Waals surface area contributed by atoms with Crippen molar-refractivity contribution in [2.24, 2.45) is 7.05 Å². The second-order valence-corrected chi connectivity index (χ2v) is 4.42. The van der Waals surface area contributed by atoms with Gasteiger partial charge in [-0.25, -0.2) is 4.68 Å². The maximum absolute atomic E-state index is 11.0. The fourth-order valence-corrected chi connectivity index (χ4v) is 1.73. The highest BCUT2D eigenvalue weighted by molar-refractivity contribution is 5.76. The lowest BCUT2D eigenvalue weighted by Crippen LogP contribution is -2.17. The van der Waals surface area contributed by atoms with Gasteiger partial charge in [-0.15, -0.1) is 5.10 Å². The molecule has 2 N–H and O–H groups in total. The van der Waals surface area contributed by atoms with Crippen LogP contribution < -0.4 is 10.6 Å². The average Bonchev–Trinajstić information content (AvgIpc) is 2.69. The summed E-state index contributed by atoms with van der Waals surface area (Å²) in [5.74, 6) is 1.07. The van der Waals surface area contributed by atoms with Crippen LogP contribution in [-0.2, 0) is 11.8 Å². The van der Waals surface area contributed by atoms with Gasteiger partial charge in [-0.3, -0.25) is 4.79 Å². The predicted octanol–water partition coefficient (Wildman–Crippen LogP) is 2.06. The number of allylic oxidation sites excluding steroid dienone is 1. The molecule has 1 aromatic heterocycles. The summed E-state index contributed by atoms with van der Waals surface area (Å²) in [6.07, 6.45) is 1.77. The van der Waals surface area contributed by atoms with E-state index in [1.54, 1.807) is 24.7 Å². The van der Waals surface area contributed by atoms with Crippen molar-refractivity contribution in [1.82, 2.24) is 20.1 Å². The molecule has 1 aromatic carbocycles. The Morgan fingerprint density at radius 3 is 2.60 bits per heavy atom. The van der Waals surface area contributed by atoms with Crippen LogP contribution in [0.1, 0.15) is 19.7 Å². The van der Waals surface area contributed by atoms with Crippen LogP contribution in [0.2, 0.25) is 0 Å². The van der Waals surface area contributed by atoms with Crippen molar-refractivity contribution in [3.63, 3.8) is 0 Å². The van der Waals surface area contributed by atoms with Crippen LogP contribution in [0.15, 0.2) is 36.0 Å².